The molecule has 1 aromatic carbocycles. The molecule has 1 N–H and O–H groups in total. The van der Waals surface area contributed by atoms with Gasteiger partial charge in [-0.2, -0.15) is 0 Å². The third-order valence-corrected chi connectivity index (χ3v) is 2.19. The summed E-state index contributed by atoms with van der Waals surface area (Å²) in [6.07, 6.45) is 0. The van der Waals surface area contributed by atoms with E-state index < -0.39 is 5.63 Å². The van der Waals surface area contributed by atoms with Gasteiger partial charge in [0.2, 0.25) is 0 Å². The van der Waals surface area contributed by atoms with Gasteiger partial charge in [0, 0.05) is 17.5 Å². The number of ether oxygens (including phenoxy) is 1. The molecular formula is C11H9ClO4. The van der Waals surface area contributed by atoms with Gasteiger partial charge in [0.1, 0.15) is 12.2 Å². The molecule has 84 valence electrons. The van der Waals surface area contributed by atoms with E-state index in [1.54, 1.807) is 6.07 Å². The fourth-order valence-corrected chi connectivity index (χ4v) is 1.43. The SMILES string of the molecule is O=c1ccc2cc(O)c(OCCCl)cc2o1. The maximum Gasteiger partial charge on any atom is 0.336 e. The summed E-state index contributed by atoms with van der Waals surface area (Å²) < 4.78 is 10.1. The first-order valence-electron chi connectivity index (χ1n) is 4.66. The Balaban J connectivity index is 2.51. The van der Waals surface area contributed by atoms with Crippen molar-refractivity contribution >= 4 is 22.6 Å². The lowest BCUT2D eigenvalue weighted by molar-refractivity contribution is 0.320. The van der Waals surface area contributed by atoms with E-state index in [2.05, 4.69) is 0 Å². The Morgan fingerprint density at radius 3 is 2.94 bits per heavy atom. The van der Waals surface area contributed by atoms with Gasteiger partial charge in [0.15, 0.2) is 11.5 Å². The number of aromatic hydroxyl groups is 1. The molecule has 1 aromatic heterocycles. The number of hydrogen-bond acceptors (Lipinski definition) is 4. The lowest BCUT2D eigenvalue weighted by Gasteiger charge is -2.06. The Bertz CT molecular complexity index is 561. The zero-order valence-corrected chi connectivity index (χ0v) is 9.03. The van der Waals surface area contributed by atoms with Crippen molar-refractivity contribution in [3.63, 3.8) is 0 Å². The van der Waals surface area contributed by atoms with Gasteiger partial charge in [-0.1, -0.05) is 0 Å². The van der Waals surface area contributed by atoms with Crippen LogP contribution in [0.5, 0.6) is 11.5 Å². The van der Waals surface area contributed by atoms with Crippen molar-refractivity contribution in [2.45, 2.75) is 0 Å². The fourth-order valence-electron chi connectivity index (χ4n) is 1.35. The Labute approximate surface area is 96.0 Å². The van der Waals surface area contributed by atoms with E-state index >= 15 is 0 Å². The maximum atomic E-state index is 11.0. The molecule has 0 radical (unpaired) electrons. The molecule has 0 fully saturated rings. The molecule has 0 aliphatic rings. The number of phenols is 1. The molecule has 4 nitrogen and oxygen atoms in total. The molecule has 0 saturated carbocycles. The topological polar surface area (TPSA) is 59.7 Å². The standard InChI is InChI=1S/C11H9ClO4/c12-3-4-15-10-6-9-7(5-8(10)13)1-2-11(14)16-9/h1-2,5-6,13H,3-4H2. The molecule has 0 atom stereocenters. The third-order valence-electron chi connectivity index (χ3n) is 2.04. The van der Waals surface area contributed by atoms with Crippen LogP contribution in [0.1, 0.15) is 0 Å². The normalized spacial score (nSPS) is 10.6. The molecule has 0 unspecified atom stereocenters. The summed E-state index contributed by atoms with van der Waals surface area (Å²) in [5.74, 6) is 0.560. The Morgan fingerprint density at radius 2 is 2.19 bits per heavy atom. The molecular weight excluding hydrogens is 232 g/mol. The van der Waals surface area contributed by atoms with Crippen molar-refractivity contribution in [3.05, 3.63) is 34.7 Å². The van der Waals surface area contributed by atoms with Crippen LogP contribution in [0.3, 0.4) is 0 Å². The lowest BCUT2D eigenvalue weighted by atomic mass is 10.2. The molecule has 1 heterocycles. The van der Waals surface area contributed by atoms with E-state index in [-0.39, 0.29) is 18.1 Å². The van der Waals surface area contributed by atoms with Crippen LogP contribution in [0.25, 0.3) is 11.0 Å². The summed E-state index contributed by atoms with van der Waals surface area (Å²) in [5.41, 5.74) is -0.0728. The predicted molar refractivity (Wildman–Crippen MR) is 60.4 cm³/mol. The van der Waals surface area contributed by atoms with E-state index in [1.807, 2.05) is 0 Å². The van der Waals surface area contributed by atoms with Crippen LogP contribution in [0.4, 0.5) is 0 Å². The summed E-state index contributed by atoms with van der Waals surface area (Å²) in [7, 11) is 0. The van der Waals surface area contributed by atoms with Crippen LogP contribution in [0.15, 0.2) is 33.5 Å². The second-order valence-corrected chi connectivity index (χ2v) is 3.53. The number of alkyl halides is 1. The second-order valence-electron chi connectivity index (χ2n) is 3.15. The highest BCUT2D eigenvalue weighted by atomic mass is 35.5. The number of benzene rings is 1. The van der Waals surface area contributed by atoms with E-state index in [9.17, 15) is 9.90 Å². The first-order valence-corrected chi connectivity index (χ1v) is 5.20. The number of fused-ring (bicyclic) bond motifs is 1. The first kappa shape index (κ1) is 10.8. The van der Waals surface area contributed by atoms with Crippen molar-refractivity contribution < 1.29 is 14.3 Å². The largest absolute Gasteiger partial charge is 0.504 e. The fraction of sp³-hybridized carbons (Fsp3) is 0.182. The zero-order chi connectivity index (χ0) is 11.5. The van der Waals surface area contributed by atoms with Crippen LogP contribution in [0.2, 0.25) is 0 Å². The predicted octanol–water partition coefficient (Wildman–Crippen LogP) is 2.12. The number of hydrogen-bond donors (Lipinski definition) is 1. The van der Waals surface area contributed by atoms with Crippen LogP contribution in [-0.4, -0.2) is 17.6 Å². The summed E-state index contributed by atoms with van der Waals surface area (Å²) in [5, 5.41) is 10.3. The van der Waals surface area contributed by atoms with Gasteiger partial charge < -0.3 is 14.3 Å². The molecule has 16 heavy (non-hydrogen) atoms. The highest BCUT2D eigenvalue weighted by Gasteiger charge is 2.06. The average Bonchev–Trinajstić information content (AvgIpc) is 2.27. The molecule has 0 amide bonds. The summed E-state index contributed by atoms with van der Waals surface area (Å²) in [6.45, 7) is 0.275. The van der Waals surface area contributed by atoms with Gasteiger partial charge in [-0.25, -0.2) is 4.79 Å². The Morgan fingerprint density at radius 1 is 1.38 bits per heavy atom. The average molecular weight is 241 g/mol. The minimum atomic E-state index is -0.443. The van der Waals surface area contributed by atoms with E-state index in [1.165, 1.54) is 18.2 Å². The molecule has 0 aliphatic heterocycles. The quantitative estimate of drug-likeness (QED) is 0.659. The molecule has 2 aromatic rings. The maximum absolute atomic E-state index is 11.0. The second kappa shape index (κ2) is 4.45. The molecule has 0 bridgehead atoms. The van der Waals surface area contributed by atoms with Gasteiger partial charge in [-0.3, -0.25) is 0 Å². The minimum absolute atomic E-state index is 0.00790. The van der Waals surface area contributed by atoms with Crippen LogP contribution >= 0.6 is 11.6 Å². The van der Waals surface area contributed by atoms with Crippen molar-refractivity contribution in [1.82, 2.24) is 0 Å². The van der Waals surface area contributed by atoms with E-state index in [0.29, 0.717) is 16.8 Å². The molecule has 0 saturated heterocycles. The van der Waals surface area contributed by atoms with Crippen LogP contribution in [-0.2, 0) is 0 Å². The van der Waals surface area contributed by atoms with Gasteiger partial charge in [0.25, 0.3) is 0 Å². The highest BCUT2D eigenvalue weighted by Crippen LogP contribution is 2.30. The number of halogens is 1. The Hall–Kier alpha value is -1.68. The number of rotatable bonds is 3. The van der Waals surface area contributed by atoms with E-state index in [4.69, 9.17) is 20.8 Å². The van der Waals surface area contributed by atoms with Crippen molar-refractivity contribution in [2.75, 3.05) is 12.5 Å². The van der Waals surface area contributed by atoms with Gasteiger partial charge in [-0.05, 0) is 12.1 Å². The van der Waals surface area contributed by atoms with Crippen LogP contribution < -0.4 is 10.4 Å². The monoisotopic (exact) mass is 240 g/mol. The summed E-state index contributed by atoms with van der Waals surface area (Å²) in [6, 6.07) is 5.81. The van der Waals surface area contributed by atoms with Crippen molar-refractivity contribution in [1.29, 1.82) is 0 Å². The molecule has 2 rings (SSSR count). The van der Waals surface area contributed by atoms with Gasteiger partial charge in [0.05, 0.1) is 5.88 Å². The molecule has 0 aliphatic carbocycles. The molecule has 0 spiro atoms. The Kier molecular flexibility index (Phi) is 3.01. The van der Waals surface area contributed by atoms with Crippen molar-refractivity contribution in [3.8, 4) is 11.5 Å². The number of phenolic OH excluding ortho intramolecular Hbond substituents is 1. The van der Waals surface area contributed by atoms with Crippen molar-refractivity contribution in [2.24, 2.45) is 0 Å². The smallest absolute Gasteiger partial charge is 0.336 e. The summed E-state index contributed by atoms with van der Waals surface area (Å²) >= 11 is 5.47. The third kappa shape index (κ3) is 2.12. The minimum Gasteiger partial charge on any atom is -0.504 e. The van der Waals surface area contributed by atoms with Crippen LogP contribution in [0, 0.1) is 0 Å². The van der Waals surface area contributed by atoms with Gasteiger partial charge in [-0.15, -0.1) is 11.6 Å². The van der Waals surface area contributed by atoms with E-state index in [0.717, 1.165) is 0 Å². The summed E-state index contributed by atoms with van der Waals surface area (Å²) in [4.78, 5) is 11.0. The zero-order valence-electron chi connectivity index (χ0n) is 8.27. The lowest BCUT2D eigenvalue weighted by Crippen LogP contribution is -1.99. The first-order chi connectivity index (χ1) is 7.70. The molecule has 5 heteroatoms. The highest BCUT2D eigenvalue weighted by molar-refractivity contribution is 6.18. The van der Waals surface area contributed by atoms with Gasteiger partial charge >= 0.3 is 5.63 Å².